The van der Waals surface area contributed by atoms with Gasteiger partial charge < -0.3 is 10.4 Å². The van der Waals surface area contributed by atoms with Crippen LogP contribution >= 0.6 is 0 Å². The first-order valence-electron chi connectivity index (χ1n) is 6.92. The average molecular weight is 225 g/mol. The van der Waals surface area contributed by atoms with Crippen LogP contribution in [0, 0.1) is 5.41 Å². The summed E-state index contributed by atoms with van der Waals surface area (Å²) in [6, 6.07) is 0.650. The highest BCUT2D eigenvalue weighted by Gasteiger charge is 2.48. The Morgan fingerprint density at radius 1 is 1.19 bits per heavy atom. The number of aliphatic hydroxyl groups excluding tert-OH is 1. The summed E-state index contributed by atoms with van der Waals surface area (Å²) in [4.78, 5) is 0. The van der Waals surface area contributed by atoms with Gasteiger partial charge in [0, 0.05) is 11.6 Å². The van der Waals surface area contributed by atoms with Crippen LogP contribution in [0.25, 0.3) is 0 Å². The zero-order valence-electron chi connectivity index (χ0n) is 11.1. The first kappa shape index (κ1) is 12.4. The van der Waals surface area contributed by atoms with E-state index in [0.29, 0.717) is 11.5 Å². The monoisotopic (exact) mass is 225 g/mol. The molecule has 2 aliphatic carbocycles. The lowest BCUT2D eigenvalue weighted by atomic mass is 9.57. The fraction of sp³-hybridized carbons (Fsp3) is 1.00. The maximum atomic E-state index is 9.77. The molecule has 0 radical (unpaired) electrons. The molecule has 0 aliphatic heterocycles. The van der Waals surface area contributed by atoms with Gasteiger partial charge >= 0.3 is 0 Å². The van der Waals surface area contributed by atoms with Crippen molar-refractivity contribution in [2.24, 2.45) is 5.41 Å². The summed E-state index contributed by atoms with van der Waals surface area (Å²) in [5, 5.41) is 13.5. The molecule has 2 atom stereocenters. The van der Waals surface area contributed by atoms with Crippen LogP contribution in [-0.2, 0) is 0 Å². The molecule has 2 rings (SSSR count). The van der Waals surface area contributed by atoms with Crippen LogP contribution in [0.5, 0.6) is 0 Å². The highest BCUT2D eigenvalue weighted by molar-refractivity contribution is 5.04. The van der Waals surface area contributed by atoms with Gasteiger partial charge in [-0.3, -0.25) is 0 Å². The molecule has 0 amide bonds. The lowest BCUT2D eigenvalue weighted by Gasteiger charge is -2.55. The topological polar surface area (TPSA) is 32.3 Å². The number of rotatable bonds is 3. The Labute approximate surface area is 99.8 Å². The third-order valence-corrected chi connectivity index (χ3v) is 5.11. The van der Waals surface area contributed by atoms with Crippen LogP contribution < -0.4 is 5.32 Å². The Balaban J connectivity index is 1.95. The minimum Gasteiger partial charge on any atom is -0.392 e. The van der Waals surface area contributed by atoms with Crippen LogP contribution in [0.2, 0.25) is 0 Å². The van der Waals surface area contributed by atoms with Gasteiger partial charge in [0.1, 0.15) is 0 Å². The van der Waals surface area contributed by atoms with E-state index in [9.17, 15) is 5.11 Å². The van der Waals surface area contributed by atoms with Crippen molar-refractivity contribution in [3.63, 3.8) is 0 Å². The van der Waals surface area contributed by atoms with Crippen molar-refractivity contribution in [1.29, 1.82) is 0 Å². The van der Waals surface area contributed by atoms with E-state index in [4.69, 9.17) is 0 Å². The molecule has 0 bridgehead atoms. The van der Waals surface area contributed by atoms with Gasteiger partial charge in [0.25, 0.3) is 0 Å². The Morgan fingerprint density at radius 3 is 2.25 bits per heavy atom. The van der Waals surface area contributed by atoms with Crippen molar-refractivity contribution in [2.75, 3.05) is 0 Å². The maximum Gasteiger partial charge on any atom is 0.0688 e. The number of hydrogen-bond donors (Lipinski definition) is 2. The van der Waals surface area contributed by atoms with Crippen LogP contribution in [0.3, 0.4) is 0 Å². The molecular weight excluding hydrogens is 198 g/mol. The Morgan fingerprint density at radius 2 is 1.81 bits per heavy atom. The van der Waals surface area contributed by atoms with Crippen LogP contribution in [0.1, 0.15) is 65.7 Å². The summed E-state index contributed by atoms with van der Waals surface area (Å²) in [5.74, 6) is 0. The van der Waals surface area contributed by atoms with Gasteiger partial charge in [-0.2, -0.15) is 0 Å². The highest BCUT2D eigenvalue weighted by Crippen LogP contribution is 2.52. The summed E-state index contributed by atoms with van der Waals surface area (Å²) < 4.78 is 0. The molecule has 94 valence electrons. The van der Waals surface area contributed by atoms with Gasteiger partial charge in [-0.25, -0.2) is 0 Å². The van der Waals surface area contributed by atoms with Gasteiger partial charge in [-0.05, 0) is 51.9 Å². The molecule has 0 heterocycles. The summed E-state index contributed by atoms with van der Waals surface area (Å²) in [6.07, 6.45) is 9.47. The second-order valence-electron chi connectivity index (χ2n) is 6.56. The molecule has 0 aromatic carbocycles. The quantitative estimate of drug-likeness (QED) is 0.774. The van der Waals surface area contributed by atoms with Crippen molar-refractivity contribution in [3.8, 4) is 0 Å². The third kappa shape index (κ3) is 2.14. The molecule has 2 heteroatoms. The number of nitrogens with one attached hydrogen (secondary N) is 1. The largest absolute Gasteiger partial charge is 0.392 e. The Hall–Kier alpha value is -0.0800. The molecule has 2 nitrogen and oxygen atoms in total. The van der Waals surface area contributed by atoms with E-state index in [-0.39, 0.29) is 11.6 Å². The summed E-state index contributed by atoms with van der Waals surface area (Å²) in [7, 11) is 0. The minimum atomic E-state index is -0.284. The summed E-state index contributed by atoms with van der Waals surface area (Å²) in [5.41, 5.74) is 0.444. The van der Waals surface area contributed by atoms with Gasteiger partial charge in [0.2, 0.25) is 0 Å². The zero-order valence-corrected chi connectivity index (χ0v) is 11.1. The van der Waals surface area contributed by atoms with E-state index in [1.807, 2.05) is 6.92 Å². The van der Waals surface area contributed by atoms with E-state index in [1.165, 1.54) is 44.9 Å². The maximum absolute atomic E-state index is 9.77. The molecule has 2 fully saturated rings. The first-order chi connectivity index (χ1) is 7.46. The fourth-order valence-corrected chi connectivity index (χ4v) is 3.35. The van der Waals surface area contributed by atoms with Gasteiger partial charge in [0.15, 0.2) is 0 Å². The van der Waals surface area contributed by atoms with Crippen molar-refractivity contribution in [2.45, 2.75) is 83.4 Å². The van der Waals surface area contributed by atoms with Crippen LogP contribution in [0.4, 0.5) is 0 Å². The lowest BCUT2D eigenvalue weighted by Crippen LogP contribution is -2.62. The molecule has 0 aromatic heterocycles. The van der Waals surface area contributed by atoms with Gasteiger partial charge in [-0.1, -0.05) is 19.3 Å². The van der Waals surface area contributed by atoms with E-state index in [1.54, 1.807) is 0 Å². The molecule has 16 heavy (non-hydrogen) atoms. The molecule has 2 unspecified atom stereocenters. The van der Waals surface area contributed by atoms with Crippen molar-refractivity contribution >= 4 is 0 Å². The minimum absolute atomic E-state index is 0.143. The predicted molar refractivity (Wildman–Crippen MR) is 67.4 cm³/mol. The van der Waals surface area contributed by atoms with Crippen LogP contribution in [0.15, 0.2) is 0 Å². The predicted octanol–water partition coefficient (Wildman–Crippen LogP) is 2.85. The van der Waals surface area contributed by atoms with Crippen molar-refractivity contribution in [3.05, 3.63) is 0 Å². The van der Waals surface area contributed by atoms with E-state index >= 15 is 0 Å². The number of hydrogen-bond acceptors (Lipinski definition) is 2. The molecule has 0 aromatic rings. The molecule has 2 saturated carbocycles. The van der Waals surface area contributed by atoms with Crippen molar-refractivity contribution in [1.82, 2.24) is 5.32 Å². The molecular formula is C14H27NO. The lowest BCUT2D eigenvalue weighted by molar-refractivity contribution is -0.0145. The van der Waals surface area contributed by atoms with E-state index in [0.717, 1.165) is 0 Å². The third-order valence-electron chi connectivity index (χ3n) is 5.11. The Kier molecular flexibility index (Phi) is 3.33. The average Bonchev–Trinajstić information content (AvgIpc) is 2.26. The number of aliphatic hydroxyl groups is 1. The highest BCUT2D eigenvalue weighted by atomic mass is 16.3. The second kappa shape index (κ2) is 4.30. The molecule has 1 spiro atoms. The second-order valence-corrected chi connectivity index (χ2v) is 6.56. The van der Waals surface area contributed by atoms with Gasteiger partial charge in [-0.15, -0.1) is 0 Å². The summed E-state index contributed by atoms with van der Waals surface area (Å²) in [6.45, 7) is 6.12. The van der Waals surface area contributed by atoms with E-state index < -0.39 is 0 Å². The van der Waals surface area contributed by atoms with E-state index in [2.05, 4.69) is 19.2 Å². The first-order valence-corrected chi connectivity index (χ1v) is 6.92. The molecule has 2 aliphatic rings. The summed E-state index contributed by atoms with van der Waals surface area (Å²) >= 11 is 0. The standard InChI is InChI=1S/C14H27NO/c1-11(16)13(2,3)15-12-7-10-14(12)8-5-4-6-9-14/h11-12,15-16H,4-10H2,1-3H3. The van der Waals surface area contributed by atoms with Crippen LogP contribution in [-0.4, -0.2) is 22.8 Å². The molecule has 2 N–H and O–H groups in total. The fourth-order valence-electron chi connectivity index (χ4n) is 3.35. The zero-order chi connectivity index (χ0) is 11.8. The van der Waals surface area contributed by atoms with Crippen molar-refractivity contribution < 1.29 is 5.11 Å². The smallest absolute Gasteiger partial charge is 0.0688 e. The SMILES string of the molecule is CC(O)C(C)(C)NC1CCC12CCCCC2. The molecule has 0 saturated heterocycles. The van der Waals surface area contributed by atoms with Gasteiger partial charge in [0.05, 0.1) is 6.10 Å². The normalized spacial score (nSPS) is 31.1. The Bertz CT molecular complexity index is 241.